The Morgan fingerprint density at radius 2 is 1.72 bits per heavy atom. The zero-order valence-electron chi connectivity index (χ0n) is 13.3. The Balaban J connectivity index is 1.61. The molecule has 0 aliphatic rings. The van der Waals surface area contributed by atoms with Crippen LogP contribution in [0.1, 0.15) is 5.56 Å². The number of nitrogens with one attached hydrogen (secondary N) is 1. The summed E-state index contributed by atoms with van der Waals surface area (Å²) in [5, 5.41) is 11.9. The molecule has 4 nitrogen and oxygen atoms in total. The molecule has 0 radical (unpaired) electrons. The SMILES string of the molecule is O=C(Nc1ccc(-c2ccc(O)cc2F)cc1)OCc1ccccc1. The Morgan fingerprint density at radius 3 is 2.40 bits per heavy atom. The summed E-state index contributed by atoms with van der Waals surface area (Å²) in [5.41, 5.74) is 2.45. The molecule has 0 bridgehead atoms. The number of benzene rings is 3. The smallest absolute Gasteiger partial charge is 0.411 e. The molecule has 0 atom stereocenters. The summed E-state index contributed by atoms with van der Waals surface area (Å²) in [6.45, 7) is 0.184. The van der Waals surface area contributed by atoms with Crippen molar-refractivity contribution in [3.05, 3.63) is 84.2 Å². The lowest BCUT2D eigenvalue weighted by Crippen LogP contribution is -2.13. The van der Waals surface area contributed by atoms with Gasteiger partial charge in [-0.05, 0) is 35.4 Å². The zero-order valence-corrected chi connectivity index (χ0v) is 13.3. The predicted octanol–water partition coefficient (Wildman–Crippen LogP) is 4.95. The van der Waals surface area contributed by atoms with Crippen LogP contribution in [0.2, 0.25) is 0 Å². The van der Waals surface area contributed by atoms with Crippen LogP contribution < -0.4 is 5.32 Å². The lowest BCUT2D eigenvalue weighted by molar-refractivity contribution is 0.155. The normalized spacial score (nSPS) is 10.3. The topological polar surface area (TPSA) is 58.6 Å². The van der Waals surface area contributed by atoms with Gasteiger partial charge in [-0.15, -0.1) is 0 Å². The van der Waals surface area contributed by atoms with E-state index in [-0.39, 0.29) is 12.4 Å². The van der Waals surface area contributed by atoms with Gasteiger partial charge in [-0.1, -0.05) is 42.5 Å². The van der Waals surface area contributed by atoms with Crippen LogP contribution in [0.5, 0.6) is 5.75 Å². The molecular formula is C20H16FNO3. The van der Waals surface area contributed by atoms with Crippen LogP contribution in [0, 0.1) is 5.82 Å². The van der Waals surface area contributed by atoms with E-state index >= 15 is 0 Å². The van der Waals surface area contributed by atoms with Gasteiger partial charge in [0.2, 0.25) is 0 Å². The van der Waals surface area contributed by atoms with Crippen molar-refractivity contribution in [1.82, 2.24) is 0 Å². The molecule has 25 heavy (non-hydrogen) atoms. The molecule has 5 heteroatoms. The highest BCUT2D eigenvalue weighted by Crippen LogP contribution is 2.26. The second-order valence-electron chi connectivity index (χ2n) is 5.43. The maximum Gasteiger partial charge on any atom is 0.411 e. The number of carbonyl (C=O) groups excluding carboxylic acids is 1. The maximum atomic E-state index is 13.9. The third kappa shape index (κ3) is 4.35. The Morgan fingerprint density at radius 1 is 1.00 bits per heavy atom. The van der Waals surface area contributed by atoms with Crippen LogP contribution in [-0.2, 0) is 11.3 Å². The summed E-state index contributed by atoms with van der Waals surface area (Å²) in [6.07, 6.45) is -0.563. The van der Waals surface area contributed by atoms with E-state index in [9.17, 15) is 14.3 Å². The number of anilines is 1. The minimum Gasteiger partial charge on any atom is -0.508 e. The number of halogens is 1. The molecule has 0 spiro atoms. The van der Waals surface area contributed by atoms with Crippen molar-refractivity contribution >= 4 is 11.8 Å². The van der Waals surface area contributed by atoms with Gasteiger partial charge in [-0.2, -0.15) is 0 Å². The fourth-order valence-corrected chi connectivity index (χ4v) is 2.35. The molecule has 2 N–H and O–H groups in total. The van der Waals surface area contributed by atoms with Gasteiger partial charge >= 0.3 is 6.09 Å². The number of hydrogen-bond acceptors (Lipinski definition) is 3. The zero-order chi connectivity index (χ0) is 17.6. The summed E-state index contributed by atoms with van der Waals surface area (Å²) in [6, 6.07) is 20.0. The van der Waals surface area contributed by atoms with Gasteiger partial charge in [0.15, 0.2) is 0 Å². The number of aromatic hydroxyl groups is 1. The molecule has 1 amide bonds. The average Bonchev–Trinajstić information content (AvgIpc) is 2.62. The predicted molar refractivity (Wildman–Crippen MR) is 93.8 cm³/mol. The number of rotatable bonds is 4. The number of hydrogen-bond donors (Lipinski definition) is 2. The third-order valence-electron chi connectivity index (χ3n) is 3.61. The Bertz CT molecular complexity index is 864. The number of ether oxygens (including phenoxy) is 1. The van der Waals surface area contributed by atoms with Crippen LogP contribution >= 0.6 is 0 Å². The van der Waals surface area contributed by atoms with E-state index in [1.807, 2.05) is 30.3 Å². The van der Waals surface area contributed by atoms with Gasteiger partial charge in [0, 0.05) is 17.3 Å². The molecular weight excluding hydrogens is 321 g/mol. The van der Waals surface area contributed by atoms with E-state index in [2.05, 4.69) is 5.32 Å². The molecule has 0 aromatic heterocycles. The van der Waals surface area contributed by atoms with Crippen molar-refractivity contribution in [3.8, 4) is 16.9 Å². The van der Waals surface area contributed by atoms with E-state index in [1.54, 1.807) is 24.3 Å². The van der Waals surface area contributed by atoms with Gasteiger partial charge < -0.3 is 9.84 Å². The molecule has 0 saturated heterocycles. The van der Waals surface area contributed by atoms with E-state index < -0.39 is 11.9 Å². The maximum absolute atomic E-state index is 13.9. The van der Waals surface area contributed by atoms with Crippen LogP contribution in [0.4, 0.5) is 14.9 Å². The summed E-state index contributed by atoms with van der Waals surface area (Å²) in [5.74, 6) is -0.635. The lowest BCUT2D eigenvalue weighted by atomic mass is 10.0. The fourth-order valence-electron chi connectivity index (χ4n) is 2.35. The number of phenols is 1. The molecule has 3 aromatic carbocycles. The minimum absolute atomic E-state index is 0.124. The van der Waals surface area contributed by atoms with Crippen molar-refractivity contribution in [2.24, 2.45) is 0 Å². The average molecular weight is 337 g/mol. The molecule has 0 aliphatic heterocycles. The van der Waals surface area contributed by atoms with Gasteiger partial charge in [0.25, 0.3) is 0 Å². The molecule has 0 unspecified atom stereocenters. The summed E-state index contributed by atoms with van der Waals surface area (Å²) >= 11 is 0. The number of amides is 1. The van der Waals surface area contributed by atoms with Crippen molar-refractivity contribution in [2.75, 3.05) is 5.32 Å². The van der Waals surface area contributed by atoms with E-state index in [1.165, 1.54) is 12.1 Å². The largest absolute Gasteiger partial charge is 0.508 e. The van der Waals surface area contributed by atoms with Crippen LogP contribution in [0.15, 0.2) is 72.8 Å². The summed E-state index contributed by atoms with van der Waals surface area (Å²) < 4.78 is 19.0. The van der Waals surface area contributed by atoms with Gasteiger partial charge in [0.05, 0.1) is 0 Å². The molecule has 0 aliphatic carbocycles. The first kappa shape index (κ1) is 16.5. The first-order chi connectivity index (χ1) is 12.1. The van der Waals surface area contributed by atoms with Crippen LogP contribution in [0.25, 0.3) is 11.1 Å². The highest BCUT2D eigenvalue weighted by atomic mass is 19.1. The summed E-state index contributed by atoms with van der Waals surface area (Å²) in [4.78, 5) is 11.8. The Hall–Kier alpha value is -3.34. The first-order valence-electron chi connectivity index (χ1n) is 7.68. The lowest BCUT2D eigenvalue weighted by Gasteiger charge is -2.08. The highest BCUT2D eigenvalue weighted by molar-refractivity contribution is 5.85. The molecule has 0 heterocycles. The number of carbonyl (C=O) groups is 1. The van der Waals surface area contributed by atoms with E-state index in [0.717, 1.165) is 11.6 Å². The minimum atomic E-state index is -0.563. The van der Waals surface area contributed by atoms with Crippen LogP contribution in [-0.4, -0.2) is 11.2 Å². The monoisotopic (exact) mass is 337 g/mol. The molecule has 3 rings (SSSR count). The molecule has 3 aromatic rings. The van der Waals surface area contributed by atoms with E-state index in [0.29, 0.717) is 16.8 Å². The van der Waals surface area contributed by atoms with Crippen molar-refractivity contribution in [1.29, 1.82) is 0 Å². The molecule has 126 valence electrons. The quantitative estimate of drug-likeness (QED) is 0.708. The van der Waals surface area contributed by atoms with Crippen molar-refractivity contribution < 1.29 is 19.0 Å². The first-order valence-corrected chi connectivity index (χ1v) is 7.68. The second-order valence-corrected chi connectivity index (χ2v) is 5.43. The molecule has 0 fully saturated rings. The van der Waals surface area contributed by atoms with E-state index in [4.69, 9.17) is 4.74 Å². The second kappa shape index (κ2) is 7.49. The number of phenolic OH excluding ortho intramolecular Hbond substituents is 1. The van der Waals surface area contributed by atoms with Crippen molar-refractivity contribution in [3.63, 3.8) is 0 Å². The van der Waals surface area contributed by atoms with Gasteiger partial charge in [0.1, 0.15) is 18.2 Å². The summed E-state index contributed by atoms with van der Waals surface area (Å²) in [7, 11) is 0. The third-order valence-corrected chi connectivity index (χ3v) is 3.61. The highest BCUT2D eigenvalue weighted by Gasteiger charge is 2.07. The van der Waals surface area contributed by atoms with Crippen molar-refractivity contribution in [2.45, 2.75) is 6.61 Å². The Labute approximate surface area is 144 Å². The van der Waals surface area contributed by atoms with Gasteiger partial charge in [-0.25, -0.2) is 9.18 Å². The standard InChI is InChI=1S/C20H16FNO3/c21-19-12-17(23)10-11-18(19)15-6-8-16(9-7-15)22-20(24)25-13-14-4-2-1-3-5-14/h1-12,23H,13H2,(H,22,24). The molecule has 0 saturated carbocycles. The van der Waals surface area contributed by atoms with Gasteiger partial charge in [-0.3, -0.25) is 5.32 Å². The van der Waals surface area contributed by atoms with Crippen LogP contribution in [0.3, 0.4) is 0 Å². The fraction of sp³-hybridized carbons (Fsp3) is 0.0500. The Kier molecular flexibility index (Phi) is 4.95.